The summed E-state index contributed by atoms with van der Waals surface area (Å²) in [5.74, 6) is 0.0133. The third-order valence-corrected chi connectivity index (χ3v) is 6.80. The molecule has 3 heteroatoms. The molecule has 198 valence electrons. The molecule has 3 nitrogen and oxygen atoms in total. The Morgan fingerprint density at radius 3 is 1.21 bits per heavy atom. The van der Waals surface area contributed by atoms with Gasteiger partial charge in [-0.25, -0.2) is 0 Å². The quantitative estimate of drug-likeness (QED) is 0.0918. The third-order valence-electron chi connectivity index (χ3n) is 6.80. The smallest absolute Gasteiger partial charge is 0.305 e. The minimum absolute atomic E-state index is 0.0133. The molecule has 1 N–H and O–H groups in total. The van der Waals surface area contributed by atoms with Crippen molar-refractivity contribution >= 4 is 5.97 Å². The van der Waals surface area contributed by atoms with E-state index in [0.29, 0.717) is 19.6 Å². The van der Waals surface area contributed by atoms with Crippen LogP contribution in [0.5, 0.6) is 0 Å². The van der Waals surface area contributed by atoms with Crippen molar-refractivity contribution in [1.82, 2.24) is 0 Å². The van der Waals surface area contributed by atoms with Crippen LogP contribution in [0.1, 0.15) is 174 Å². The molecule has 33 heavy (non-hydrogen) atoms. The minimum Gasteiger partial charge on any atom is -0.466 e. The largest absolute Gasteiger partial charge is 0.466 e. The molecule has 0 unspecified atom stereocenters. The molecule has 0 aliphatic carbocycles. The van der Waals surface area contributed by atoms with Gasteiger partial charge in [0, 0.05) is 13.0 Å². The highest BCUT2D eigenvalue weighted by Gasteiger charge is 2.02. The SMILES string of the molecule is CCCCCCCCCCCCCC(=O)OCCCCCCCCCCCCCCCCO. The van der Waals surface area contributed by atoms with E-state index in [0.717, 1.165) is 19.3 Å². The van der Waals surface area contributed by atoms with Crippen LogP contribution in [-0.4, -0.2) is 24.3 Å². The molecule has 0 amide bonds. The van der Waals surface area contributed by atoms with E-state index in [1.165, 1.54) is 141 Å². The standard InChI is InChI=1S/C30H60O3/c1-2-3-4-5-6-7-12-15-18-21-24-27-30(32)33-29-26-23-20-17-14-11-9-8-10-13-16-19-22-25-28-31/h31H,2-29H2,1H3. The molecule has 0 aliphatic rings. The number of unbranched alkanes of at least 4 members (excludes halogenated alkanes) is 23. The summed E-state index contributed by atoms with van der Waals surface area (Å²) in [6.45, 7) is 3.24. The number of rotatable bonds is 28. The van der Waals surface area contributed by atoms with Crippen LogP contribution in [0.25, 0.3) is 0 Å². The highest BCUT2D eigenvalue weighted by atomic mass is 16.5. The molecule has 0 bridgehead atoms. The maximum atomic E-state index is 11.8. The van der Waals surface area contributed by atoms with E-state index in [1.54, 1.807) is 0 Å². The van der Waals surface area contributed by atoms with Crippen LogP contribution in [0, 0.1) is 0 Å². The van der Waals surface area contributed by atoms with Crippen molar-refractivity contribution in [1.29, 1.82) is 0 Å². The summed E-state index contributed by atoms with van der Waals surface area (Å²) in [7, 11) is 0. The predicted molar refractivity (Wildman–Crippen MR) is 144 cm³/mol. The number of ether oxygens (including phenoxy) is 1. The van der Waals surface area contributed by atoms with Gasteiger partial charge in [-0.1, -0.05) is 148 Å². The highest BCUT2D eigenvalue weighted by Crippen LogP contribution is 2.14. The lowest BCUT2D eigenvalue weighted by Gasteiger charge is -2.06. The number of carbonyl (C=O) groups excluding carboxylic acids is 1. The van der Waals surface area contributed by atoms with Gasteiger partial charge in [0.2, 0.25) is 0 Å². The Morgan fingerprint density at radius 2 is 0.818 bits per heavy atom. The fourth-order valence-corrected chi connectivity index (χ4v) is 4.53. The zero-order valence-corrected chi connectivity index (χ0v) is 22.6. The molecule has 0 aromatic rings. The van der Waals surface area contributed by atoms with Crippen molar-refractivity contribution in [2.45, 2.75) is 174 Å². The van der Waals surface area contributed by atoms with E-state index in [2.05, 4.69) is 6.92 Å². The summed E-state index contributed by atoms with van der Waals surface area (Å²) in [6, 6.07) is 0. The average Bonchev–Trinajstić information content (AvgIpc) is 2.82. The molecule has 0 saturated heterocycles. The second-order valence-electron chi connectivity index (χ2n) is 10.2. The maximum Gasteiger partial charge on any atom is 0.305 e. The topological polar surface area (TPSA) is 46.5 Å². The van der Waals surface area contributed by atoms with Crippen molar-refractivity contribution in [3.8, 4) is 0 Å². The molecule has 0 radical (unpaired) electrons. The predicted octanol–water partition coefficient (Wildman–Crippen LogP) is 9.68. The monoisotopic (exact) mass is 468 g/mol. The van der Waals surface area contributed by atoms with E-state index >= 15 is 0 Å². The zero-order chi connectivity index (χ0) is 24.1. The van der Waals surface area contributed by atoms with Crippen LogP contribution in [0.4, 0.5) is 0 Å². The first-order valence-electron chi connectivity index (χ1n) is 15.1. The van der Waals surface area contributed by atoms with Gasteiger partial charge >= 0.3 is 5.97 Å². The van der Waals surface area contributed by atoms with Gasteiger partial charge in [-0.3, -0.25) is 4.79 Å². The lowest BCUT2D eigenvalue weighted by atomic mass is 10.0. The Bertz CT molecular complexity index is 370. The van der Waals surface area contributed by atoms with E-state index in [1.807, 2.05) is 0 Å². The molecule has 0 atom stereocenters. The first-order valence-corrected chi connectivity index (χ1v) is 15.1. The van der Waals surface area contributed by atoms with Gasteiger partial charge in [0.05, 0.1) is 6.61 Å². The first-order chi connectivity index (χ1) is 16.3. The molecule has 0 saturated carbocycles. The lowest BCUT2D eigenvalue weighted by Crippen LogP contribution is -2.05. The maximum absolute atomic E-state index is 11.8. The van der Waals surface area contributed by atoms with E-state index < -0.39 is 0 Å². The third kappa shape index (κ3) is 29.4. The summed E-state index contributed by atoms with van der Waals surface area (Å²) in [5.41, 5.74) is 0. The molecule has 0 spiro atoms. The Morgan fingerprint density at radius 1 is 0.485 bits per heavy atom. The van der Waals surface area contributed by atoms with Crippen molar-refractivity contribution in [3.63, 3.8) is 0 Å². The molecule has 0 heterocycles. The Labute approximate surface area is 207 Å². The number of hydrogen-bond acceptors (Lipinski definition) is 3. The summed E-state index contributed by atoms with van der Waals surface area (Å²) >= 11 is 0. The van der Waals surface area contributed by atoms with Crippen molar-refractivity contribution in [2.75, 3.05) is 13.2 Å². The lowest BCUT2D eigenvalue weighted by molar-refractivity contribution is -0.143. The molecule has 0 fully saturated rings. The molecular formula is C30H60O3. The number of esters is 1. The Hall–Kier alpha value is -0.570. The average molecular weight is 469 g/mol. The number of aliphatic hydroxyl groups is 1. The van der Waals surface area contributed by atoms with Crippen molar-refractivity contribution in [3.05, 3.63) is 0 Å². The molecule has 0 aliphatic heterocycles. The summed E-state index contributed by atoms with van der Waals surface area (Å²) in [5, 5.41) is 8.75. The van der Waals surface area contributed by atoms with E-state index in [9.17, 15) is 4.79 Å². The van der Waals surface area contributed by atoms with Gasteiger partial charge in [0.15, 0.2) is 0 Å². The minimum atomic E-state index is 0.0133. The molecule has 0 aromatic heterocycles. The van der Waals surface area contributed by atoms with Crippen molar-refractivity contribution in [2.24, 2.45) is 0 Å². The highest BCUT2D eigenvalue weighted by molar-refractivity contribution is 5.69. The van der Waals surface area contributed by atoms with Gasteiger partial charge in [0.1, 0.15) is 0 Å². The van der Waals surface area contributed by atoms with Crippen LogP contribution < -0.4 is 0 Å². The van der Waals surface area contributed by atoms with Crippen LogP contribution in [0.15, 0.2) is 0 Å². The van der Waals surface area contributed by atoms with Crippen molar-refractivity contribution < 1.29 is 14.6 Å². The zero-order valence-electron chi connectivity index (χ0n) is 22.6. The normalized spacial score (nSPS) is 11.2. The van der Waals surface area contributed by atoms with Crippen LogP contribution in [0.2, 0.25) is 0 Å². The second-order valence-corrected chi connectivity index (χ2v) is 10.2. The van der Waals surface area contributed by atoms with Gasteiger partial charge in [-0.15, -0.1) is 0 Å². The van der Waals surface area contributed by atoms with Gasteiger partial charge < -0.3 is 9.84 Å². The number of carbonyl (C=O) groups is 1. The first kappa shape index (κ1) is 32.4. The number of aliphatic hydroxyl groups excluding tert-OH is 1. The summed E-state index contributed by atoms with van der Waals surface area (Å²) in [4.78, 5) is 11.8. The molecule has 0 aromatic carbocycles. The van der Waals surface area contributed by atoms with Crippen LogP contribution in [-0.2, 0) is 9.53 Å². The Kier molecular flexibility index (Phi) is 29.0. The Balaban J connectivity index is 3.13. The van der Waals surface area contributed by atoms with Crippen LogP contribution in [0.3, 0.4) is 0 Å². The summed E-state index contributed by atoms with van der Waals surface area (Å²) < 4.78 is 5.40. The fraction of sp³-hybridized carbons (Fsp3) is 0.967. The van der Waals surface area contributed by atoms with Gasteiger partial charge in [0.25, 0.3) is 0 Å². The van der Waals surface area contributed by atoms with Gasteiger partial charge in [-0.05, 0) is 19.3 Å². The van der Waals surface area contributed by atoms with E-state index in [4.69, 9.17) is 9.84 Å². The summed E-state index contributed by atoms with van der Waals surface area (Å²) in [6.07, 6.45) is 32.9. The number of hydrogen-bond donors (Lipinski definition) is 1. The van der Waals surface area contributed by atoms with Gasteiger partial charge in [-0.2, -0.15) is 0 Å². The second kappa shape index (κ2) is 29.5. The fourth-order valence-electron chi connectivity index (χ4n) is 4.53. The van der Waals surface area contributed by atoms with Crippen LogP contribution >= 0.6 is 0 Å². The molecule has 0 rings (SSSR count). The molecular weight excluding hydrogens is 408 g/mol. The van der Waals surface area contributed by atoms with E-state index in [-0.39, 0.29) is 5.97 Å².